The third kappa shape index (κ3) is 3.46. The highest BCUT2D eigenvalue weighted by Gasteiger charge is 2.23. The summed E-state index contributed by atoms with van der Waals surface area (Å²) >= 11 is 0. The highest BCUT2D eigenvalue weighted by atomic mass is 16.5. The second-order valence-electron chi connectivity index (χ2n) is 4.45. The van der Waals surface area contributed by atoms with Crippen molar-refractivity contribution in [2.75, 3.05) is 13.2 Å². The topological polar surface area (TPSA) is 54.3 Å². The summed E-state index contributed by atoms with van der Waals surface area (Å²) in [6, 6.07) is 10.2. The van der Waals surface area contributed by atoms with Gasteiger partial charge in [0.15, 0.2) is 6.61 Å². The zero-order valence-electron chi connectivity index (χ0n) is 10.6. The molecule has 0 amide bonds. The van der Waals surface area contributed by atoms with Gasteiger partial charge in [-0.2, -0.15) is 5.26 Å². The van der Waals surface area contributed by atoms with Gasteiger partial charge in [-0.05, 0) is 31.0 Å². The predicted molar refractivity (Wildman–Crippen MR) is 68.2 cm³/mol. The van der Waals surface area contributed by atoms with Crippen LogP contribution in [0.15, 0.2) is 24.3 Å². The summed E-state index contributed by atoms with van der Waals surface area (Å²) in [5, 5.41) is 12.0. The molecule has 1 aliphatic heterocycles. The monoisotopic (exact) mass is 246 g/mol. The number of benzene rings is 1. The summed E-state index contributed by atoms with van der Waals surface area (Å²) in [6.45, 7) is 3.81. The van der Waals surface area contributed by atoms with E-state index >= 15 is 0 Å². The van der Waals surface area contributed by atoms with Crippen LogP contribution in [0.25, 0.3) is 0 Å². The number of hydrogen-bond donors (Lipinski definition) is 1. The van der Waals surface area contributed by atoms with Gasteiger partial charge in [0.05, 0.1) is 6.10 Å². The van der Waals surface area contributed by atoms with E-state index in [-0.39, 0.29) is 12.7 Å². The molecule has 1 saturated heterocycles. The molecule has 2 rings (SSSR count). The van der Waals surface area contributed by atoms with E-state index in [0.717, 1.165) is 30.9 Å². The number of rotatable bonds is 5. The smallest absolute Gasteiger partial charge is 0.174 e. The van der Waals surface area contributed by atoms with Gasteiger partial charge in [0, 0.05) is 19.2 Å². The van der Waals surface area contributed by atoms with Crippen LogP contribution in [0.3, 0.4) is 0 Å². The molecular formula is C14H18N2O2. The molecule has 0 spiro atoms. The predicted octanol–water partition coefficient (Wildman–Crippen LogP) is 1.86. The summed E-state index contributed by atoms with van der Waals surface area (Å²) in [5.74, 6) is 0.742. The zero-order valence-corrected chi connectivity index (χ0v) is 10.6. The highest BCUT2D eigenvalue weighted by molar-refractivity contribution is 5.28. The van der Waals surface area contributed by atoms with Crippen LogP contribution in [0.2, 0.25) is 0 Å². The van der Waals surface area contributed by atoms with E-state index in [0.29, 0.717) is 6.04 Å². The van der Waals surface area contributed by atoms with Crippen LogP contribution < -0.4 is 10.1 Å². The molecule has 1 heterocycles. The number of nitriles is 1. The lowest BCUT2D eigenvalue weighted by molar-refractivity contribution is 0.113. The van der Waals surface area contributed by atoms with Gasteiger partial charge in [-0.1, -0.05) is 12.1 Å². The Morgan fingerprint density at radius 2 is 2.44 bits per heavy atom. The molecule has 2 unspecified atom stereocenters. The minimum atomic E-state index is 0.0877. The fraction of sp³-hybridized carbons (Fsp3) is 0.500. The van der Waals surface area contributed by atoms with Crippen molar-refractivity contribution in [1.29, 1.82) is 5.26 Å². The number of nitrogens with zero attached hydrogens (tertiary/aromatic N) is 1. The molecule has 18 heavy (non-hydrogen) atoms. The molecular weight excluding hydrogens is 228 g/mol. The van der Waals surface area contributed by atoms with Crippen LogP contribution in [0.1, 0.15) is 18.9 Å². The van der Waals surface area contributed by atoms with Gasteiger partial charge >= 0.3 is 0 Å². The lowest BCUT2D eigenvalue weighted by Crippen LogP contribution is -2.34. The molecule has 96 valence electrons. The first-order chi connectivity index (χ1) is 8.79. The van der Waals surface area contributed by atoms with Crippen molar-refractivity contribution >= 4 is 0 Å². The Morgan fingerprint density at radius 1 is 1.56 bits per heavy atom. The molecule has 1 aromatic carbocycles. The Labute approximate surface area is 108 Å². The molecule has 0 saturated carbocycles. The highest BCUT2D eigenvalue weighted by Crippen LogP contribution is 2.16. The van der Waals surface area contributed by atoms with Crippen LogP contribution in [0, 0.1) is 11.3 Å². The SMILES string of the molecule is CC1OCCC1NCc1cccc(OCC#N)c1. The summed E-state index contributed by atoms with van der Waals surface area (Å²) in [6.07, 6.45) is 1.34. The quantitative estimate of drug-likeness (QED) is 0.861. The van der Waals surface area contributed by atoms with Gasteiger partial charge in [-0.15, -0.1) is 0 Å². The number of hydrogen-bond acceptors (Lipinski definition) is 4. The minimum Gasteiger partial charge on any atom is -0.479 e. The van der Waals surface area contributed by atoms with Crippen LogP contribution in [0.4, 0.5) is 0 Å². The molecule has 1 fully saturated rings. The molecule has 0 aromatic heterocycles. The Balaban J connectivity index is 1.87. The fourth-order valence-corrected chi connectivity index (χ4v) is 2.11. The Bertz CT molecular complexity index is 428. The molecule has 1 N–H and O–H groups in total. The Kier molecular flexibility index (Phi) is 4.57. The van der Waals surface area contributed by atoms with Crippen molar-refractivity contribution in [2.24, 2.45) is 0 Å². The number of nitrogens with one attached hydrogen (secondary N) is 1. The van der Waals surface area contributed by atoms with E-state index in [1.165, 1.54) is 0 Å². The van der Waals surface area contributed by atoms with Gasteiger partial charge in [0.1, 0.15) is 11.8 Å². The van der Waals surface area contributed by atoms with Crippen LogP contribution in [0.5, 0.6) is 5.75 Å². The van der Waals surface area contributed by atoms with Crippen molar-refractivity contribution in [1.82, 2.24) is 5.32 Å². The number of ether oxygens (including phenoxy) is 2. The zero-order chi connectivity index (χ0) is 12.8. The van der Waals surface area contributed by atoms with Crippen LogP contribution in [-0.4, -0.2) is 25.4 Å². The molecule has 1 aliphatic rings. The van der Waals surface area contributed by atoms with Gasteiger partial charge in [-0.3, -0.25) is 0 Å². The van der Waals surface area contributed by atoms with E-state index < -0.39 is 0 Å². The van der Waals surface area contributed by atoms with Gasteiger partial charge in [0.25, 0.3) is 0 Å². The van der Waals surface area contributed by atoms with E-state index in [2.05, 4.69) is 12.2 Å². The molecule has 1 aromatic rings. The first-order valence-electron chi connectivity index (χ1n) is 6.23. The van der Waals surface area contributed by atoms with Crippen molar-refractivity contribution < 1.29 is 9.47 Å². The van der Waals surface area contributed by atoms with Gasteiger partial charge in [-0.25, -0.2) is 0 Å². The first-order valence-corrected chi connectivity index (χ1v) is 6.23. The molecule has 0 radical (unpaired) electrons. The standard InChI is InChI=1S/C14H18N2O2/c1-11-14(5-7-17-11)16-10-12-3-2-4-13(9-12)18-8-6-15/h2-4,9,11,14,16H,5,7-8,10H2,1H3. The molecule has 2 atom stereocenters. The van der Waals surface area contributed by atoms with Crippen LogP contribution >= 0.6 is 0 Å². The van der Waals surface area contributed by atoms with E-state index in [1.54, 1.807) is 0 Å². The third-order valence-corrected chi connectivity index (χ3v) is 3.15. The maximum absolute atomic E-state index is 8.47. The van der Waals surface area contributed by atoms with Crippen molar-refractivity contribution in [2.45, 2.75) is 32.0 Å². The molecule has 4 heteroatoms. The maximum atomic E-state index is 8.47. The lowest BCUT2D eigenvalue weighted by atomic mass is 10.1. The summed E-state index contributed by atoms with van der Waals surface area (Å²) < 4.78 is 10.8. The van der Waals surface area contributed by atoms with Crippen molar-refractivity contribution in [3.63, 3.8) is 0 Å². The van der Waals surface area contributed by atoms with Crippen LogP contribution in [-0.2, 0) is 11.3 Å². The van der Waals surface area contributed by atoms with E-state index in [9.17, 15) is 0 Å². The van der Waals surface area contributed by atoms with Gasteiger partial charge < -0.3 is 14.8 Å². The average molecular weight is 246 g/mol. The van der Waals surface area contributed by atoms with Gasteiger partial charge in [0.2, 0.25) is 0 Å². The second kappa shape index (κ2) is 6.39. The lowest BCUT2D eigenvalue weighted by Gasteiger charge is -2.16. The molecule has 4 nitrogen and oxygen atoms in total. The largest absolute Gasteiger partial charge is 0.479 e. The average Bonchev–Trinajstić information content (AvgIpc) is 2.80. The Morgan fingerprint density at radius 3 is 3.17 bits per heavy atom. The minimum absolute atomic E-state index is 0.0877. The normalized spacial score (nSPS) is 22.7. The van der Waals surface area contributed by atoms with Crippen molar-refractivity contribution in [3.8, 4) is 11.8 Å². The van der Waals surface area contributed by atoms with E-state index in [1.807, 2.05) is 30.3 Å². The Hall–Kier alpha value is -1.57. The summed E-state index contributed by atoms with van der Waals surface area (Å²) in [7, 11) is 0. The summed E-state index contributed by atoms with van der Waals surface area (Å²) in [5.41, 5.74) is 1.16. The third-order valence-electron chi connectivity index (χ3n) is 3.15. The molecule has 0 bridgehead atoms. The maximum Gasteiger partial charge on any atom is 0.174 e. The van der Waals surface area contributed by atoms with E-state index in [4.69, 9.17) is 14.7 Å². The first kappa shape index (κ1) is 12.9. The molecule has 0 aliphatic carbocycles. The summed E-state index contributed by atoms with van der Waals surface area (Å²) in [4.78, 5) is 0. The fourth-order valence-electron chi connectivity index (χ4n) is 2.11. The second-order valence-corrected chi connectivity index (χ2v) is 4.45. The van der Waals surface area contributed by atoms with Crippen molar-refractivity contribution in [3.05, 3.63) is 29.8 Å².